The predicted molar refractivity (Wildman–Crippen MR) is 70.9 cm³/mol. The van der Waals surface area contributed by atoms with Crippen LogP contribution in [-0.2, 0) is 14.8 Å². The molecule has 1 N–H and O–H groups in total. The molecular weight excluding hydrogens is 292 g/mol. The van der Waals surface area contributed by atoms with E-state index in [4.69, 9.17) is 16.3 Å². The highest BCUT2D eigenvalue weighted by Crippen LogP contribution is 2.19. The van der Waals surface area contributed by atoms with Gasteiger partial charge in [-0.1, -0.05) is 11.6 Å². The van der Waals surface area contributed by atoms with Crippen molar-refractivity contribution in [3.8, 4) is 0 Å². The molecule has 0 aliphatic carbocycles. The van der Waals surface area contributed by atoms with Gasteiger partial charge in [0.05, 0.1) is 11.0 Å². The van der Waals surface area contributed by atoms with Gasteiger partial charge in [0.15, 0.2) is 0 Å². The normalized spacial score (nSPS) is 22.1. The summed E-state index contributed by atoms with van der Waals surface area (Å²) in [4.78, 5) is 13.5. The van der Waals surface area contributed by atoms with E-state index in [1.807, 2.05) is 6.92 Å². The van der Waals surface area contributed by atoms with Crippen molar-refractivity contribution in [3.05, 3.63) is 27.6 Å². The van der Waals surface area contributed by atoms with Crippen molar-refractivity contribution in [1.82, 2.24) is 9.29 Å². The Balaban J connectivity index is 2.35. The SMILES string of the molecule is CC1CN(S(=O)(=O)c2c[nH]c(=O)c(Cl)c2)CCCO1. The molecule has 0 aromatic carbocycles. The summed E-state index contributed by atoms with van der Waals surface area (Å²) < 4.78 is 31.7. The Morgan fingerprint density at radius 1 is 1.53 bits per heavy atom. The van der Waals surface area contributed by atoms with Crippen molar-refractivity contribution in [2.45, 2.75) is 24.3 Å². The molecule has 6 nitrogen and oxygen atoms in total. The topological polar surface area (TPSA) is 79.5 Å². The van der Waals surface area contributed by atoms with E-state index in [0.29, 0.717) is 26.1 Å². The molecule has 0 bridgehead atoms. The first-order chi connectivity index (χ1) is 8.91. The van der Waals surface area contributed by atoms with Gasteiger partial charge in [-0.2, -0.15) is 4.31 Å². The molecule has 0 radical (unpaired) electrons. The summed E-state index contributed by atoms with van der Waals surface area (Å²) in [7, 11) is -3.66. The lowest BCUT2D eigenvalue weighted by Gasteiger charge is -2.21. The minimum absolute atomic E-state index is 0.00815. The number of sulfonamides is 1. The van der Waals surface area contributed by atoms with Crippen LogP contribution in [0.15, 0.2) is 22.0 Å². The third-order valence-corrected chi connectivity index (χ3v) is 5.01. The van der Waals surface area contributed by atoms with Crippen molar-refractivity contribution in [2.75, 3.05) is 19.7 Å². The van der Waals surface area contributed by atoms with E-state index in [1.54, 1.807) is 0 Å². The van der Waals surface area contributed by atoms with Crippen LogP contribution < -0.4 is 5.56 Å². The van der Waals surface area contributed by atoms with Crippen LogP contribution in [0.2, 0.25) is 5.02 Å². The average molecular weight is 307 g/mol. The second-order valence-electron chi connectivity index (χ2n) is 4.41. The van der Waals surface area contributed by atoms with Gasteiger partial charge in [0.1, 0.15) is 5.02 Å². The first-order valence-electron chi connectivity index (χ1n) is 5.91. The first kappa shape index (κ1) is 14.5. The fraction of sp³-hybridized carbons (Fsp3) is 0.545. The zero-order chi connectivity index (χ0) is 14.0. The van der Waals surface area contributed by atoms with Gasteiger partial charge in [-0.3, -0.25) is 4.79 Å². The highest BCUT2D eigenvalue weighted by Gasteiger charge is 2.28. The Hall–Kier alpha value is -0.890. The van der Waals surface area contributed by atoms with Crippen molar-refractivity contribution in [3.63, 3.8) is 0 Å². The van der Waals surface area contributed by atoms with E-state index in [2.05, 4.69) is 4.98 Å². The maximum atomic E-state index is 12.4. The van der Waals surface area contributed by atoms with Crippen LogP contribution in [0.25, 0.3) is 0 Å². The van der Waals surface area contributed by atoms with E-state index in [9.17, 15) is 13.2 Å². The third kappa shape index (κ3) is 3.17. The Bertz CT molecular complexity index is 613. The van der Waals surface area contributed by atoms with Crippen LogP contribution in [0.1, 0.15) is 13.3 Å². The maximum absolute atomic E-state index is 12.4. The molecule has 0 amide bonds. The Morgan fingerprint density at radius 2 is 2.26 bits per heavy atom. The molecule has 1 atom stereocenters. The predicted octanol–water partition coefficient (Wildman–Crippen LogP) is 0.828. The maximum Gasteiger partial charge on any atom is 0.266 e. The van der Waals surface area contributed by atoms with Crippen LogP contribution >= 0.6 is 11.6 Å². The smallest absolute Gasteiger partial charge is 0.266 e. The number of aromatic amines is 1. The summed E-state index contributed by atoms with van der Waals surface area (Å²) in [6.07, 6.45) is 1.65. The van der Waals surface area contributed by atoms with E-state index in [0.717, 1.165) is 0 Å². The summed E-state index contributed by atoms with van der Waals surface area (Å²) >= 11 is 5.67. The van der Waals surface area contributed by atoms with Gasteiger partial charge < -0.3 is 9.72 Å². The number of hydrogen-bond acceptors (Lipinski definition) is 4. The molecule has 1 saturated heterocycles. The Labute approximate surface area is 116 Å². The molecule has 0 spiro atoms. The summed E-state index contributed by atoms with van der Waals surface area (Å²) in [5.74, 6) is 0. The number of ether oxygens (including phenoxy) is 1. The number of aromatic nitrogens is 1. The van der Waals surface area contributed by atoms with Gasteiger partial charge in [0.2, 0.25) is 10.0 Å². The molecule has 2 rings (SSSR count). The molecule has 1 aromatic rings. The third-order valence-electron chi connectivity index (χ3n) is 2.88. The lowest BCUT2D eigenvalue weighted by Crippen LogP contribution is -2.36. The minimum atomic E-state index is -3.66. The largest absolute Gasteiger partial charge is 0.377 e. The van der Waals surface area contributed by atoms with Crippen molar-refractivity contribution in [1.29, 1.82) is 0 Å². The van der Waals surface area contributed by atoms with Gasteiger partial charge in [-0.25, -0.2) is 8.42 Å². The highest BCUT2D eigenvalue weighted by molar-refractivity contribution is 7.89. The molecule has 1 aliphatic rings. The van der Waals surface area contributed by atoms with E-state index < -0.39 is 15.6 Å². The van der Waals surface area contributed by atoms with Crippen LogP contribution in [-0.4, -0.2) is 43.5 Å². The fourth-order valence-electron chi connectivity index (χ4n) is 1.91. The molecule has 19 heavy (non-hydrogen) atoms. The lowest BCUT2D eigenvalue weighted by atomic mass is 10.4. The zero-order valence-corrected chi connectivity index (χ0v) is 12.0. The molecule has 1 aliphatic heterocycles. The molecule has 2 heterocycles. The Kier molecular flexibility index (Phi) is 4.29. The van der Waals surface area contributed by atoms with E-state index >= 15 is 0 Å². The van der Waals surface area contributed by atoms with Crippen molar-refractivity contribution >= 4 is 21.6 Å². The number of rotatable bonds is 2. The number of hydrogen-bond donors (Lipinski definition) is 1. The standard InChI is InChI=1S/C11H15ClN2O4S/c1-8-7-14(3-2-4-18-8)19(16,17)9-5-10(12)11(15)13-6-9/h5-6,8H,2-4,7H2,1H3,(H,13,15). The monoisotopic (exact) mass is 306 g/mol. The molecule has 8 heteroatoms. The molecular formula is C11H15ClN2O4S. The van der Waals surface area contributed by atoms with Gasteiger partial charge in [0.25, 0.3) is 5.56 Å². The molecule has 106 valence electrons. The number of halogens is 1. The minimum Gasteiger partial charge on any atom is -0.377 e. The van der Waals surface area contributed by atoms with Crippen molar-refractivity contribution < 1.29 is 13.2 Å². The second kappa shape index (κ2) is 5.62. The van der Waals surface area contributed by atoms with Gasteiger partial charge in [0, 0.05) is 25.9 Å². The summed E-state index contributed by atoms with van der Waals surface area (Å²) in [6.45, 7) is 3.05. The molecule has 0 saturated carbocycles. The van der Waals surface area contributed by atoms with E-state index in [1.165, 1.54) is 16.6 Å². The average Bonchev–Trinajstić information content (AvgIpc) is 2.57. The summed E-state index contributed by atoms with van der Waals surface area (Å²) in [5.41, 5.74) is -0.506. The molecule has 1 unspecified atom stereocenters. The van der Waals surface area contributed by atoms with Crippen LogP contribution in [0.5, 0.6) is 0 Å². The summed E-state index contributed by atoms with van der Waals surface area (Å²) in [5, 5.41) is -0.139. The van der Waals surface area contributed by atoms with Crippen molar-refractivity contribution in [2.24, 2.45) is 0 Å². The summed E-state index contributed by atoms with van der Waals surface area (Å²) in [6, 6.07) is 1.17. The quantitative estimate of drug-likeness (QED) is 0.877. The van der Waals surface area contributed by atoms with E-state index in [-0.39, 0.29) is 16.0 Å². The lowest BCUT2D eigenvalue weighted by molar-refractivity contribution is 0.0752. The van der Waals surface area contributed by atoms with Gasteiger partial charge in [-0.15, -0.1) is 0 Å². The number of nitrogens with one attached hydrogen (secondary N) is 1. The molecule has 1 aromatic heterocycles. The number of nitrogens with zero attached hydrogens (tertiary/aromatic N) is 1. The van der Waals surface area contributed by atoms with Crippen LogP contribution in [0.4, 0.5) is 0 Å². The number of pyridine rings is 1. The highest BCUT2D eigenvalue weighted by atomic mass is 35.5. The Morgan fingerprint density at radius 3 is 2.95 bits per heavy atom. The zero-order valence-electron chi connectivity index (χ0n) is 10.4. The van der Waals surface area contributed by atoms with Crippen LogP contribution in [0, 0.1) is 0 Å². The van der Waals surface area contributed by atoms with Gasteiger partial charge >= 0.3 is 0 Å². The fourth-order valence-corrected chi connectivity index (χ4v) is 3.70. The first-order valence-corrected chi connectivity index (χ1v) is 7.73. The second-order valence-corrected chi connectivity index (χ2v) is 6.76. The van der Waals surface area contributed by atoms with Crippen LogP contribution in [0.3, 0.4) is 0 Å². The number of H-pyrrole nitrogens is 1. The van der Waals surface area contributed by atoms with Gasteiger partial charge in [-0.05, 0) is 19.4 Å². The molecule has 1 fully saturated rings.